The van der Waals surface area contributed by atoms with Crippen molar-refractivity contribution in [3.63, 3.8) is 0 Å². The van der Waals surface area contributed by atoms with Crippen molar-refractivity contribution in [1.29, 1.82) is 0 Å². The van der Waals surface area contributed by atoms with E-state index in [2.05, 4.69) is 5.32 Å². The van der Waals surface area contributed by atoms with Gasteiger partial charge in [-0.1, -0.05) is 35.3 Å². The zero-order chi connectivity index (χ0) is 17.3. The Balaban J connectivity index is 1.68. The summed E-state index contributed by atoms with van der Waals surface area (Å²) in [5, 5.41) is 5.37. The number of carbonyl (C=O) groups excluding carboxylic acids is 2. The Morgan fingerprint density at radius 3 is 2.54 bits per heavy atom. The van der Waals surface area contributed by atoms with Crippen molar-refractivity contribution >= 4 is 46.5 Å². The van der Waals surface area contributed by atoms with E-state index in [0.717, 1.165) is 9.78 Å². The minimum absolute atomic E-state index is 0.100. The smallest absolute Gasteiger partial charge is 0.325 e. The summed E-state index contributed by atoms with van der Waals surface area (Å²) in [7, 11) is 0. The van der Waals surface area contributed by atoms with E-state index in [1.54, 1.807) is 25.1 Å². The molecular formula is C16H14Cl2N2O3S. The highest BCUT2D eigenvalue weighted by molar-refractivity contribution is 7.10. The van der Waals surface area contributed by atoms with Gasteiger partial charge in [-0.2, -0.15) is 0 Å². The average Bonchev–Trinajstić information content (AvgIpc) is 3.14. The Kier molecular flexibility index (Phi) is 4.71. The number of halogens is 2. The van der Waals surface area contributed by atoms with Crippen LogP contribution in [-0.2, 0) is 10.3 Å². The van der Waals surface area contributed by atoms with Gasteiger partial charge in [-0.25, -0.2) is 4.79 Å². The van der Waals surface area contributed by atoms with Gasteiger partial charge >= 0.3 is 6.03 Å². The van der Waals surface area contributed by atoms with Crippen LogP contribution in [0, 0.1) is 0 Å². The fourth-order valence-corrected chi connectivity index (χ4v) is 3.83. The Labute approximate surface area is 153 Å². The summed E-state index contributed by atoms with van der Waals surface area (Å²) in [4.78, 5) is 26.8. The van der Waals surface area contributed by atoms with Gasteiger partial charge in [0.15, 0.2) is 11.3 Å². The zero-order valence-electron chi connectivity index (χ0n) is 12.7. The summed E-state index contributed by atoms with van der Waals surface area (Å²) in [5.74, 6) is 0.0395. The molecule has 1 saturated heterocycles. The highest BCUT2D eigenvalue weighted by atomic mass is 35.5. The number of nitrogens with one attached hydrogen (secondary N) is 1. The van der Waals surface area contributed by atoms with Crippen molar-refractivity contribution in [3.05, 3.63) is 50.6 Å². The number of hydrogen-bond donors (Lipinski definition) is 1. The van der Waals surface area contributed by atoms with Crippen LogP contribution < -0.4 is 10.1 Å². The van der Waals surface area contributed by atoms with Crippen molar-refractivity contribution in [1.82, 2.24) is 10.2 Å². The topological polar surface area (TPSA) is 58.6 Å². The summed E-state index contributed by atoms with van der Waals surface area (Å²) in [6.07, 6.45) is 0. The molecule has 0 bridgehead atoms. The monoisotopic (exact) mass is 384 g/mol. The van der Waals surface area contributed by atoms with E-state index >= 15 is 0 Å². The summed E-state index contributed by atoms with van der Waals surface area (Å²) in [6, 6.07) is 8.25. The van der Waals surface area contributed by atoms with Crippen molar-refractivity contribution in [3.8, 4) is 5.75 Å². The van der Waals surface area contributed by atoms with Crippen molar-refractivity contribution in [2.75, 3.05) is 13.2 Å². The number of amides is 3. The van der Waals surface area contributed by atoms with E-state index in [9.17, 15) is 9.59 Å². The van der Waals surface area contributed by atoms with Crippen molar-refractivity contribution < 1.29 is 14.3 Å². The molecule has 2 aromatic rings. The fourth-order valence-electron chi connectivity index (χ4n) is 2.49. The Bertz CT molecular complexity index is 761. The van der Waals surface area contributed by atoms with Crippen LogP contribution in [0.4, 0.5) is 4.79 Å². The number of hydrogen-bond acceptors (Lipinski definition) is 4. The molecule has 1 aromatic carbocycles. The molecule has 24 heavy (non-hydrogen) atoms. The maximum absolute atomic E-state index is 12.7. The van der Waals surface area contributed by atoms with Crippen LogP contribution in [0.3, 0.4) is 0 Å². The van der Waals surface area contributed by atoms with Gasteiger partial charge in [0.2, 0.25) is 0 Å². The molecule has 5 nitrogen and oxygen atoms in total. The summed E-state index contributed by atoms with van der Waals surface area (Å²) < 4.78 is 5.55. The molecule has 1 aromatic heterocycles. The highest BCUT2D eigenvalue weighted by Gasteiger charge is 2.49. The lowest BCUT2D eigenvalue weighted by Crippen LogP contribution is -2.40. The molecule has 0 saturated carbocycles. The van der Waals surface area contributed by atoms with Crippen LogP contribution >= 0.6 is 34.5 Å². The number of carbonyl (C=O) groups is 2. The fraction of sp³-hybridized carbons (Fsp3) is 0.250. The standard InChI is InChI=1S/C16H14Cl2N2O3S/c1-16(12-6-3-9-24-12)14(21)20(15(22)19-16)7-8-23-13-10(17)4-2-5-11(13)18/h2-6,9H,7-8H2,1H3,(H,19,22). The second kappa shape index (κ2) is 6.63. The molecule has 2 heterocycles. The van der Waals surface area contributed by atoms with E-state index in [0.29, 0.717) is 15.8 Å². The number of rotatable bonds is 5. The van der Waals surface area contributed by atoms with Gasteiger partial charge in [-0.15, -0.1) is 11.3 Å². The molecule has 3 rings (SSSR count). The number of nitrogens with zero attached hydrogens (tertiary/aromatic N) is 1. The Hall–Kier alpha value is -1.76. The Morgan fingerprint density at radius 2 is 1.92 bits per heavy atom. The quantitative estimate of drug-likeness (QED) is 0.795. The third kappa shape index (κ3) is 2.97. The predicted octanol–water partition coefficient (Wildman–Crippen LogP) is 3.90. The first-order chi connectivity index (χ1) is 11.4. The van der Waals surface area contributed by atoms with Crippen LogP contribution in [0.25, 0.3) is 0 Å². The minimum Gasteiger partial charge on any atom is -0.489 e. The van der Waals surface area contributed by atoms with Crippen LogP contribution in [0.5, 0.6) is 5.75 Å². The molecule has 1 aliphatic heterocycles. The van der Waals surface area contributed by atoms with Crippen LogP contribution in [0.2, 0.25) is 10.0 Å². The normalized spacial score (nSPS) is 20.4. The first-order valence-electron chi connectivity index (χ1n) is 7.18. The van der Waals surface area contributed by atoms with Gasteiger partial charge < -0.3 is 10.1 Å². The molecule has 126 valence electrons. The lowest BCUT2D eigenvalue weighted by Gasteiger charge is -2.20. The van der Waals surface area contributed by atoms with Gasteiger partial charge in [-0.05, 0) is 30.5 Å². The van der Waals surface area contributed by atoms with Gasteiger partial charge in [0.1, 0.15) is 6.61 Å². The molecule has 1 aliphatic rings. The molecule has 3 amide bonds. The maximum atomic E-state index is 12.7. The number of urea groups is 1. The van der Waals surface area contributed by atoms with E-state index < -0.39 is 11.6 Å². The molecule has 0 spiro atoms. The van der Waals surface area contributed by atoms with Gasteiger partial charge in [0, 0.05) is 4.88 Å². The lowest BCUT2D eigenvalue weighted by molar-refractivity contribution is -0.131. The van der Waals surface area contributed by atoms with Crippen LogP contribution in [0.1, 0.15) is 11.8 Å². The number of thiophene rings is 1. The van der Waals surface area contributed by atoms with Crippen molar-refractivity contribution in [2.24, 2.45) is 0 Å². The SMILES string of the molecule is CC1(c2cccs2)NC(=O)N(CCOc2c(Cl)cccc2Cl)C1=O. The lowest BCUT2D eigenvalue weighted by atomic mass is 10.0. The third-order valence-corrected chi connectivity index (χ3v) is 5.46. The first kappa shape index (κ1) is 17.1. The van der Waals surface area contributed by atoms with Crippen LogP contribution in [-0.4, -0.2) is 30.0 Å². The van der Waals surface area contributed by atoms with E-state index in [4.69, 9.17) is 27.9 Å². The van der Waals surface area contributed by atoms with Crippen LogP contribution in [0.15, 0.2) is 35.7 Å². The molecule has 1 unspecified atom stereocenters. The number of para-hydroxylation sites is 1. The molecule has 1 atom stereocenters. The summed E-state index contributed by atoms with van der Waals surface area (Å²) in [5.41, 5.74) is -1.03. The largest absolute Gasteiger partial charge is 0.489 e. The molecule has 1 N–H and O–H groups in total. The van der Waals surface area contributed by atoms with Crippen molar-refractivity contribution in [2.45, 2.75) is 12.5 Å². The molecule has 1 fully saturated rings. The zero-order valence-corrected chi connectivity index (χ0v) is 15.0. The molecule has 8 heteroatoms. The van der Waals surface area contributed by atoms with E-state index in [1.165, 1.54) is 11.3 Å². The average molecular weight is 385 g/mol. The first-order valence-corrected chi connectivity index (χ1v) is 8.82. The van der Waals surface area contributed by atoms with Gasteiger partial charge in [-0.3, -0.25) is 9.69 Å². The second-order valence-electron chi connectivity index (χ2n) is 5.39. The second-order valence-corrected chi connectivity index (χ2v) is 7.15. The van der Waals surface area contributed by atoms with Gasteiger partial charge in [0.25, 0.3) is 5.91 Å². The molecule has 0 radical (unpaired) electrons. The molecule has 0 aliphatic carbocycles. The third-order valence-electron chi connectivity index (χ3n) is 3.77. The summed E-state index contributed by atoms with van der Waals surface area (Å²) in [6.45, 7) is 1.90. The van der Waals surface area contributed by atoms with E-state index in [-0.39, 0.29) is 19.1 Å². The number of imide groups is 1. The number of benzene rings is 1. The summed E-state index contributed by atoms with van der Waals surface area (Å²) >= 11 is 13.5. The van der Waals surface area contributed by atoms with E-state index in [1.807, 2.05) is 17.5 Å². The number of ether oxygens (including phenoxy) is 1. The highest BCUT2D eigenvalue weighted by Crippen LogP contribution is 2.33. The maximum Gasteiger partial charge on any atom is 0.325 e. The molecular weight excluding hydrogens is 371 g/mol. The minimum atomic E-state index is -1.03. The Morgan fingerprint density at radius 1 is 1.21 bits per heavy atom. The predicted molar refractivity (Wildman–Crippen MR) is 93.9 cm³/mol. The van der Waals surface area contributed by atoms with Gasteiger partial charge in [0.05, 0.1) is 16.6 Å².